The van der Waals surface area contributed by atoms with E-state index in [0.717, 1.165) is 46.5 Å². The summed E-state index contributed by atoms with van der Waals surface area (Å²) in [4.78, 5) is 27.8. The van der Waals surface area contributed by atoms with E-state index in [0.29, 0.717) is 25.3 Å². The van der Waals surface area contributed by atoms with Crippen molar-refractivity contribution in [3.8, 4) is 11.5 Å². The first kappa shape index (κ1) is 26.4. The van der Waals surface area contributed by atoms with Crippen LogP contribution in [-0.4, -0.2) is 49.2 Å². The van der Waals surface area contributed by atoms with Crippen LogP contribution in [0, 0.1) is 0 Å². The minimum Gasteiger partial charge on any atom is -0.508 e. The zero-order valence-corrected chi connectivity index (χ0v) is 22.6. The van der Waals surface area contributed by atoms with Crippen LogP contribution in [0.5, 0.6) is 11.5 Å². The van der Waals surface area contributed by atoms with Gasteiger partial charge in [-0.1, -0.05) is 38.1 Å². The van der Waals surface area contributed by atoms with E-state index in [9.17, 15) is 14.7 Å². The van der Waals surface area contributed by atoms with E-state index in [1.165, 1.54) is 0 Å². The van der Waals surface area contributed by atoms with E-state index in [1.54, 1.807) is 15.9 Å². The number of anilines is 2. The largest absolute Gasteiger partial charge is 0.508 e. The van der Waals surface area contributed by atoms with Crippen molar-refractivity contribution in [3.05, 3.63) is 82.9 Å². The SMILES string of the molecule is CCc1cc(OCC2CN(c3ccc(Cc4ccc(N5CC(C)OC5=O)cc4)cc3)C(=O)O2)c(CC)cc1O. The average molecular weight is 531 g/mol. The highest BCUT2D eigenvalue weighted by Crippen LogP contribution is 2.30. The van der Waals surface area contributed by atoms with Crippen molar-refractivity contribution in [3.63, 3.8) is 0 Å². The number of cyclic esters (lactones) is 2. The molecule has 2 aliphatic rings. The average Bonchev–Trinajstić information content (AvgIpc) is 3.48. The Labute approximate surface area is 228 Å². The van der Waals surface area contributed by atoms with Crippen LogP contribution in [0.25, 0.3) is 0 Å². The summed E-state index contributed by atoms with van der Waals surface area (Å²) in [6, 6.07) is 19.4. The molecule has 1 N–H and O–H groups in total. The predicted molar refractivity (Wildman–Crippen MR) is 149 cm³/mol. The number of hydrogen-bond acceptors (Lipinski definition) is 6. The molecule has 204 valence electrons. The van der Waals surface area contributed by atoms with Crippen LogP contribution in [0.2, 0.25) is 0 Å². The molecule has 2 heterocycles. The molecule has 8 heteroatoms. The molecule has 3 aromatic carbocycles. The second kappa shape index (κ2) is 11.3. The number of ether oxygens (including phenoxy) is 3. The van der Waals surface area contributed by atoms with Crippen molar-refractivity contribution >= 4 is 23.6 Å². The molecule has 2 atom stereocenters. The maximum absolute atomic E-state index is 12.6. The number of aromatic hydroxyl groups is 1. The second-order valence-corrected chi connectivity index (χ2v) is 10.0. The van der Waals surface area contributed by atoms with Gasteiger partial charge in [0.05, 0.1) is 13.1 Å². The lowest BCUT2D eigenvalue weighted by Gasteiger charge is -2.16. The molecule has 0 saturated carbocycles. The molecule has 2 aliphatic heterocycles. The van der Waals surface area contributed by atoms with Gasteiger partial charge in [-0.05, 0) is 84.8 Å². The van der Waals surface area contributed by atoms with Gasteiger partial charge in [0.2, 0.25) is 0 Å². The van der Waals surface area contributed by atoms with E-state index in [1.807, 2.05) is 75.4 Å². The Morgan fingerprint density at radius 3 is 1.92 bits per heavy atom. The third-order valence-electron chi connectivity index (χ3n) is 7.19. The number of carbonyl (C=O) groups is 2. The summed E-state index contributed by atoms with van der Waals surface area (Å²) in [6.07, 6.45) is 0.965. The van der Waals surface area contributed by atoms with E-state index in [4.69, 9.17) is 14.2 Å². The Kier molecular flexibility index (Phi) is 7.63. The number of phenols is 1. The predicted octanol–water partition coefficient (Wildman–Crippen LogP) is 5.86. The number of benzene rings is 3. The fourth-order valence-electron chi connectivity index (χ4n) is 4.99. The minimum absolute atomic E-state index is 0.103. The van der Waals surface area contributed by atoms with Crippen LogP contribution in [0.4, 0.5) is 21.0 Å². The van der Waals surface area contributed by atoms with Crippen molar-refractivity contribution in [2.45, 2.75) is 52.2 Å². The summed E-state index contributed by atoms with van der Waals surface area (Å²) in [5.41, 5.74) is 5.58. The van der Waals surface area contributed by atoms with Gasteiger partial charge in [-0.3, -0.25) is 9.80 Å². The number of phenolic OH excluding ortho intramolecular Hbond substituents is 1. The van der Waals surface area contributed by atoms with Crippen molar-refractivity contribution in [2.75, 3.05) is 29.5 Å². The van der Waals surface area contributed by atoms with Crippen LogP contribution in [0.15, 0.2) is 60.7 Å². The normalized spacial score (nSPS) is 18.8. The van der Waals surface area contributed by atoms with Gasteiger partial charge in [0.1, 0.15) is 24.2 Å². The lowest BCUT2D eigenvalue weighted by atomic mass is 10.0. The van der Waals surface area contributed by atoms with Gasteiger partial charge in [0, 0.05) is 11.4 Å². The summed E-state index contributed by atoms with van der Waals surface area (Å²) in [5.74, 6) is 0.998. The highest BCUT2D eigenvalue weighted by atomic mass is 16.6. The van der Waals surface area contributed by atoms with Gasteiger partial charge in [-0.15, -0.1) is 0 Å². The summed E-state index contributed by atoms with van der Waals surface area (Å²) < 4.78 is 16.8. The summed E-state index contributed by atoms with van der Waals surface area (Å²) >= 11 is 0. The zero-order chi connectivity index (χ0) is 27.5. The number of rotatable bonds is 9. The molecular weight excluding hydrogens is 496 g/mol. The van der Waals surface area contributed by atoms with Crippen molar-refractivity contribution in [1.29, 1.82) is 0 Å². The Morgan fingerprint density at radius 2 is 1.38 bits per heavy atom. The first-order chi connectivity index (χ1) is 18.8. The first-order valence-electron chi connectivity index (χ1n) is 13.5. The molecule has 2 unspecified atom stereocenters. The molecule has 0 spiro atoms. The number of aryl methyl sites for hydroxylation is 2. The van der Waals surface area contributed by atoms with Crippen LogP contribution >= 0.6 is 0 Å². The molecule has 3 aromatic rings. The zero-order valence-electron chi connectivity index (χ0n) is 22.6. The fourth-order valence-corrected chi connectivity index (χ4v) is 4.99. The van der Waals surface area contributed by atoms with E-state index in [-0.39, 0.29) is 24.6 Å². The number of nitrogens with zero attached hydrogens (tertiary/aromatic N) is 2. The summed E-state index contributed by atoms with van der Waals surface area (Å²) in [7, 11) is 0. The van der Waals surface area contributed by atoms with Gasteiger partial charge >= 0.3 is 12.2 Å². The molecule has 2 saturated heterocycles. The van der Waals surface area contributed by atoms with Crippen LogP contribution in [0.1, 0.15) is 43.0 Å². The summed E-state index contributed by atoms with van der Waals surface area (Å²) in [6.45, 7) is 7.07. The quantitative estimate of drug-likeness (QED) is 0.373. The van der Waals surface area contributed by atoms with Crippen molar-refractivity contribution in [2.24, 2.45) is 0 Å². The molecule has 8 nitrogen and oxygen atoms in total. The second-order valence-electron chi connectivity index (χ2n) is 10.0. The third-order valence-corrected chi connectivity index (χ3v) is 7.19. The molecule has 39 heavy (non-hydrogen) atoms. The van der Waals surface area contributed by atoms with Crippen molar-refractivity contribution in [1.82, 2.24) is 0 Å². The maximum atomic E-state index is 12.6. The molecule has 2 fully saturated rings. The molecule has 5 rings (SSSR count). The van der Waals surface area contributed by atoms with Gasteiger partial charge < -0.3 is 19.3 Å². The number of amides is 2. The standard InChI is InChI=1S/C31H34N2O6/c1-4-23-16-29(24(5-2)15-28(23)34)37-19-27-18-33(31(36)39-27)26-12-8-22(9-13-26)14-21-6-10-25(11-7-21)32-17-20(3)38-30(32)35/h6-13,15-16,20,27,34H,4-5,14,17-19H2,1-3H3. The molecule has 0 radical (unpaired) electrons. The lowest BCUT2D eigenvalue weighted by Crippen LogP contribution is -2.26. The molecule has 2 amide bonds. The Bertz CT molecular complexity index is 1340. The van der Waals surface area contributed by atoms with Gasteiger partial charge in [0.25, 0.3) is 0 Å². The third kappa shape index (κ3) is 5.79. The van der Waals surface area contributed by atoms with Gasteiger partial charge in [-0.25, -0.2) is 9.59 Å². The fraction of sp³-hybridized carbons (Fsp3) is 0.355. The van der Waals surface area contributed by atoms with E-state index in [2.05, 4.69) is 0 Å². The molecule has 0 aromatic heterocycles. The molecule has 0 bridgehead atoms. The van der Waals surface area contributed by atoms with Gasteiger partial charge in [0.15, 0.2) is 6.10 Å². The monoisotopic (exact) mass is 530 g/mol. The Morgan fingerprint density at radius 1 is 0.821 bits per heavy atom. The van der Waals surface area contributed by atoms with Crippen LogP contribution in [-0.2, 0) is 28.7 Å². The maximum Gasteiger partial charge on any atom is 0.414 e. The first-order valence-corrected chi connectivity index (χ1v) is 13.5. The highest BCUT2D eigenvalue weighted by Gasteiger charge is 2.33. The highest BCUT2D eigenvalue weighted by molar-refractivity contribution is 5.90. The summed E-state index contributed by atoms with van der Waals surface area (Å²) in [5, 5.41) is 10.1. The van der Waals surface area contributed by atoms with E-state index < -0.39 is 12.2 Å². The van der Waals surface area contributed by atoms with Crippen LogP contribution < -0.4 is 14.5 Å². The molecular formula is C31H34N2O6. The minimum atomic E-state index is -0.393. The Balaban J connectivity index is 1.17. The van der Waals surface area contributed by atoms with E-state index >= 15 is 0 Å². The van der Waals surface area contributed by atoms with Gasteiger partial charge in [-0.2, -0.15) is 0 Å². The number of hydrogen-bond donors (Lipinski definition) is 1. The smallest absolute Gasteiger partial charge is 0.414 e. The Hall–Kier alpha value is -4.20. The topological polar surface area (TPSA) is 88.5 Å². The number of carbonyl (C=O) groups excluding carboxylic acids is 2. The van der Waals surface area contributed by atoms with Crippen LogP contribution in [0.3, 0.4) is 0 Å². The van der Waals surface area contributed by atoms with Crippen molar-refractivity contribution < 1.29 is 28.9 Å². The molecule has 0 aliphatic carbocycles. The lowest BCUT2D eigenvalue weighted by molar-refractivity contribution is 0.104.